The monoisotopic (exact) mass is 451 g/mol. The lowest BCUT2D eigenvalue weighted by molar-refractivity contribution is -0.135. The van der Waals surface area contributed by atoms with Crippen molar-refractivity contribution in [2.75, 3.05) is 16.8 Å². The van der Waals surface area contributed by atoms with Gasteiger partial charge in [-0.3, -0.25) is 19.3 Å². The second-order valence-corrected chi connectivity index (χ2v) is 9.08. The summed E-state index contributed by atoms with van der Waals surface area (Å²) in [6.45, 7) is 0.721. The third-order valence-corrected chi connectivity index (χ3v) is 7.51. The van der Waals surface area contributed by atoms with Crippen molar-refractivity contribution in [3.8, 4) is 0 Å². The first-order valence-corrected chi connectivity index (χ1v) is 10.7. The largest absolute Gasteiger partial charge is 0.324 e. The van der Waals surface area contributed by atoms with Gasteiger partial charge in [0.2, 0.25) is 17.7 Å². The number of nitrogens with one attached hydrogen (secondary N) is 1. The molecule has 6 rings (SSSR count). The fourth-order valence-electron chi connectivity index (χ4n) is 6.00. The van der Waals surface area contributed by atoms with E-state index in [1.807, 2.05) is 36.4 Å². The van der Waals surface area contributed by atoms with Crippen LogP contribution in [0.3, 0.4) is 0 Å². The van der Waals surface area contributed by atoms with Crippen LogP contribution in [0.4, 0.5) is 11.4 Å². The molecule has 6 nitrogen and oxygen atoms in total. The molecular weight excluding hydrogens is 434 g/mol. The number of carbonyl (C=O) groups excluding carboxylic acids is 3. The van der Waals surface area contributed by atoms with Gasteiger partial charge in [-0.05, 0) is 49.7 Å². The molecule has 29 heavy (non-hydrogen) atoms. The first kappa shape index (κ1) is 17.4. The standard InChI is InChI=1S/C22H18BrN3O3/c23-12-7-9-13(10-8-12)26-19(27)17-16-6-3-11-25(16)22(18(17)20(26)28)14-4-1-2-5-15(14)24-21(22)29/h1-2,4-5,7-10,16-18H,3,6,11H2,(H,24,29)/t16-,17-,18-,22+/m1/s1. The molecule has 4 aliphatic rings. The number of hydrogen-bond acceptors (Lipinski definition) is 4. The van der Waals surface area contributed by atoms with Crippen LogP contribution in [0.1, 0.15) is 18.4 Å². The Balaban J connectivity index is 1.55. The van der Waals surface area contributed by atoms with Gasteiger partial charge in [-0.25, -0.2) is 4.90 Å². The van der Waals surface area contributed by atoms with E-state index in [1.54, 1.807) is 12.1 Å². The molecule has 3 saturated heterocycles. The van der Waals surface area contributed by atoms with Crippen LogP contribution in [0.5, 0.6) is 0 Å². The van der Waals surface area contributed by atoms with E-state index in [-0.39, 0.29) is 23.8 Å². The predicted molar refractivity (Wildman–Crippen MR) is 110 cm³/mol. The van der Waals surface area contributed by atoms with Gasteiger partial charge in [0.25, 0.3) is 0 Å². The number of rotatable bonds is 1. The van der Waals surface area contributed by atoms with Crippen molar-refractivity contribution in [2.45, 2.75) is 24.4 Å². The summed E-state index contributed by atoms with van der Waals surface area (Å²) in [4.78, 5) is 44.1. The molecule has 4 heterocycles. The molecule has 0 radical (unpaired) electrons. The van der Waals surface area contributed by atoms with Gasteiger partial charge >= 0.3 is 0 Å². The van der Waals surface area contributed by atoms with Crippen molar-refractivity contribution < 1.29 is 14.4 Å². The van der Waals surface area contributed by atoms with E-state index < -0.39 is 17.4 Å². The number of imide groups is 1. The van der Waals surface area contributed by atoms with Crippen molar-refractivity contribution in [3.63, 3.8) is 0 Å². The zero-order valence-corrected chi connectivity index (χ0v) is 17.1. The molecule has 0 unspecified atom stereocenters. The smallest absolute Gasteiger partial charge is 0.250 e. The molecule has 4 aliphatic heterocycles. The highest BCUT2D eigenvalue weighted by molar-refractivity contribution is 9.10. The Bertz CT molecular complexity index is 1080. The van der Waals surface area contributed by atoms with Crippen molar-refractivity contribution in [3.05, 3.63) is 58.6 Å². The first-order chi connectivity index (χ1) is 14.0. The zero-order valence-electron chi connectivity index (χ0n) is 15.5. The fraction of sp³-hybridized carbons (Fsp3) is 0.318. The van der Waals surface area contributed by atoms with E-state index in [0.717, 1.165) is 35.1 Å². The lowest BCUT2D eigenvalue weighted by atomic mass is 9.75. The van der Waals surface area contributed by atoms with Crippen LogP contribution in [0, 0.1) is 11.8 Å². The molecule has 0 aliphatic carbocycles. The van der Waals surface area contributed by atoms with Gasteiger partial charge in [0.1, 0.15) is 5.54 Å². The Kier molecular flexibility index (Phi) is 3.45. The van der Waals surface area contributed by atoms with Crippen LogP contribution in [0.15, 0.2) is 53.0 Å². The minimum atomic E-state index is -1.10. The van der Waals surface area contributed by atoms with E-state index in [0.29, 0.717) is 5.69 Å². The Morgan fingerprint density at radius 1 is 1.00 bits per heavy atom. The number of carbonyl (C=O) groups is 3. The Labute approximate surface area is 176 Å². The minimum Gasteiger partial charge on any atom is -0.324 e. The van der Waals surface area contributed by atoms with Crippen LogP contribution in [-0.2, 0) is 19.9 Å². The number of para-hydroxylation sites is 1. The second-order valence-electron chi connectivity index (χ2n) is 8.16. The van der Waals surface area contributed by atoms with Gasteiger partial charge in [-0.15, -0.1) is 0 Å². The van der Waals surface area contributed by atoms with Crippen LogP contribution < -0.4 is 10.2 Å². The highest BCUT2D eigenvalue weighted by Crippen LogP contribution is 2.60. The number of hydrogen-bond donors (Lipinski definition) is 1. The Morgan fingerprint density at radius 3 is 2.55 bits per heavy atom. The Hall–Kier alpha value is -2.51. The molecule has 0 aromatic heterocycles. The number of benzene rings is 2. The summed E-state index contributed by atoms with van der Waals surface area (Å²) in [5.74, 6) is -1.84. The highest BCUT2D eigenvalue weighted by atomic mass is 79.9. The van der Waals surface area contributed by atoms with Crippen LogP contribution in [0.2, 0.25) is 0 Å². The summed E-state index contributed by atoms with van der Waals surface area (Å²) in [5, 5.41) is 2.98. The summed E-state index contributed by atoms with van der Waals surface area (Å²) >= 11 is 3.40. The normalized spacial score (nSPS) is 32.7. The first-order valence-electron chi connectivity index (χ1n) is 9.86. The highest BCUT2D eigenvalue weighted by Gasteiger charge is 2.74. The third kappa shape index (κ3) is 1.97. The van der Waals surface area contributed by atoms with Gasteiger partial charge in [0.15, 0.2) is 0 Å². The molecule has 0 saturated carbocycles. The molecule has 2 aromatic carbocycles. The fourth-order valence-corrected chi connectivity index (χ4v) is 6.27. The zero-order chi connectivity index (χ0) is 19.9. The lowest BCUT2D eigenvalue weighted by Crippen LogP contribution is -2.54. The molecule has 7 heteroatoms. The maximum atomic E-state index is 13.7. The molecular formula is C22H18BrN3O3. The molecule has 3 fully saturated rings. The average molecular weight is 452 g/mol. The van der Waals surface area contributed by atoms with E-state index in [1.165, 1.54) is 4.90 Å². The molecule has 1 N–H and O–H groups in total. The molecule has 146 valence electrons. The summed E-state index contributed by atoms with van der Waals surface area (Å²) in [5.41, 5.74) is 1.03. The number of fused-ring (bicyclic) bond motifs is 7. The molecule has 2 aromatic rings. The number of amides is 3. The van der Waals surface area contributed by atoms with Crippen molar-refractivity contribution in [1.82, 2.24) is 4.90 Å². The van der Waals surface area contributed by atoms with Gasteiger partial charge in [-0.1, -0.05) is 34.1 Å². The van der Waals surface area contributed by atoms with Gasteiger partial charge in [0.05, 0.1) is 17.5 Å². The minimum absolute atomic E-state index is 0.0891. The van der Waals surface area contributed by atoms with Crippen LogP contribution >= 0.6 is 15.9 Å². The number of halogens is 1. The quantitative estimate of drug-likeness (QED) is 0.676. The third-order valence-electron chi connectivity index (χ3n) is 6.98. The maximum Gasteiger partial charge on any atom is 0.250 e. The summed E-state index contributed by atoms with van der Waals surface area (Å²) in [7, 11) is 0. The molecule has 4 atom stereocenters. The summed E-state index contributed by atoms with van der Waals surface area (Å²) < 4.78 is 0.878. The predicted octanol–water partition coefficient (Wildman–Crippen LogP) is 2.88. The van der Waals surface area contributed by atoms with Crippen molar-refractivity contribution in [2.24, 2.45) is 11.8 Å². The number of nitrogens with zero attached hydrogens (tertiary/aromatic N) is 2. The van der Waals surface area contributed by atoms with Crippen molar-refractivity contribution >= 4 is 45.0 Å². The molecule has 0 bridgehead atoms. The van der Waals surface area contributed by atoms with E-state index in [4.69, 9.17) is 0 Å². The van der Waals surface area contributed by atoms with Crippen LogP contribution in [0.25, 0.3) is 0 Å². The average Bonchev–Trinajstić information content (AvgIpc) is 3.41. The molecule has 3 amide bonds. The SMILES string of the molecule is O=C1[C@@H]2[C@H]3CCCN3[C@]3(C(=O)Nc4ccccc43)[C@H]2C(=O)N1c1ccc(Br)cc1. The van der Waals surface area contributed by atoms with Gasteiger partial charge in [0, 0.05) is 21.8 Å². The Morgan fingerprint density at radius 2 is 1.76 bits per heavy atom. The molecule has 1 spiro atoms. The van der Waals surface area contributed by atoms with E-state index in [2.05, 4.69) is 26.1 Å². The number of anilines is 2. The maximum absolute atomic E-state index is 13.7. The van der Waals surface area contributed by atoms with Crippen LogP contribution in [-0.4, -0.2) is 35.2 Å². The van der Waals surface area contributed by atoms with Gasteiger partial charge in [-0.2, -0.15) is 0 Å². The van der Waals surface area contributed by atoms with E-state index in [9.17, 15) is 14.4 Å². The summed E-state index contributed by atoms with van der Waals surface area (Å²) in [6, 6.07) is 14.6. The van der Waals surface area contributed by atoms with Crippen molar-refractivity contribution in [1.29, 1.82) is 0 Å². The summed E-state index contributed by atoms with van der Waals surface area (Å²) in [6.07, 6.45) is 1.75. The van der Waals surface area contributed by atoms with E-state index >= 15 is 0 Å². The lowest BCUT2D eigenvalue weighted by Gasteiger charge is -2.36. The second kappa shape index (κ2) is 5.77. The topological polar surface area (TPSA) is 69.7 Å². The van der Waals surface area contributed by atoms with Gasteiger partial charge < -0.3 is 5.32 Å².